The van der Waals surface area contributed by atoms with Crippen molar-refractivity contribution in [2.45, 2.75) is 18.9 Å². The van der Waals surface area contributed by atoms with Crippen LogP contribution in [-0.4, -0.2) is 30.1 Å². The summed E-state index contributed by atoms with van der Waals surface area (Å²) < 4.78 is 0. The van der Waals surface area contributed by atoms with Crippen LogP contribution in [0.5, 0.6) is 0 Å². The molecular formula is C11H17N3OS. The maximum atomic E-state index is 11.1. The monoisotopic (exact) mass is 239 g/mol. The van der Waals surface area contributed by atoms with Gasteiger partial charge >= 0.3 is 6.03 Å². The van der Waals surface area contributed by atoms with Gasteiger partial charge in [0, 0.05) is 24.0 Å². The minimum atomic E-state index is -0.355. The summed E-state index contributed by atoms with van der Waals surface area (Å²) in [5.74, 6) is 0.440. The third-order valence-electron chi connectivity index (χ3n) is 2.95. The van der Waals surface area contributed by atoms with Crippen molar-refractivity contribution in [1.29, 1.82) is 0 Å². The minimum Gasteiger partial charge on any atom is -0.351 e. The van der Waals surface area contributed by atoms with Crippen LogP contribution in [0.3, 0.4) is 0 Å². The Hall–Kier alpha value is -1.07. The van der Waals surface area contributed by atoms with E-state index in [1.807, 2.05) is 0 Å². The van der Waals surface area contributed by atoms with Gasteiger partial charge in [-0.3, -0.25) is 0 Å². The predicted octanol–water partition coefficient (Wildman–Crippen LogP) is 1.02. The molecule has 0 bridgehead atoms. The van der Waals surface area contributed by atoms with Crippen molar-refractivity contribution in [3.8, 4) is 0 Å². The maximum absolute atomic E-state index is 11.1. The lowest BCUT2D eigenvalue weighted by atomic mass is 9.91. The number of primary amides is 1. The smallest absolute Gasteiger partial charge is 0.314 e. The molecule has 0 aliphatic carbocycles. The second-order valence-corrected chi connectivity index (χ2v) is 5.42. The van der Waals surface area contributed by atoms with Crippen molar-refractivity contribution < 1.29 is 4.79 Å². The van der Waals surface area contributed by atoms with Gasteiger partial charge in [-0.25, -0.2) is 4.79 Å². The van der Waals surface area contributed by atoms with Crippen molar-refractivity contribution in [2.75, 3.05) is 13.1 Å². The number of carbonyl (C=O) groups excluding carboxylic acids is 1. The highest BCUT2D eigenvalue weighted by Crippen LogP contribution is 2.22. The van der Waals surface area contributed by atoms with Crippen molar-refractivity contribution in [3.63, 3.8) is 0 Å². The Labute approximate surface area is 99.2 Å². The highest BCUT2D eigenvalue weighted by molar-refractivity contribution is 7.09. The van der Waals surface area contributed by atoms with Crippen molar-refractivity contribution in [1.82, 2.24) is 4.90 Å². The van der Waals surface area contributed by atoms with E-state index in [-0.39, 0.29) is 12.1 Å². The van der Waals surface area contributed by atoms with Gasteiger partial charge in [0.2, 0.25) is 0 Å². The summed E-state index contributed by atoms with van der Waals surface area (Å²) in [7, 11) is 0. The van der Waals surface area contributed by atoms with Gasteiger partial charge in [0.15, 0.2) is 0 Å². The number of hydrogen-bond acceptors (Lipinski definition) is 3. The van der Waals surface area contributed by atoms with E-state index in [0.717, 1.165) is 19.4 Å². The quantitative estimate of drug-likeness (QED) is 0.808. The number of amides is 2. The molecule has 2 rings (SSSR count). The highest BCUT2D eigenvalue weighted by Gasteiger charge is 2.27. The number of urea groups is 1. The first kappa shape index (κ1) is 11.4. The fourth-order valence-electron chi connectivity index (χ4n) is 2.29. The van der Waals surface area contributed by atoms with E-state index >= 15 is 0 Å². The summed E-state index contributed by atoms with van der Waals surface area (Å²) in [6.45, 7) is 1.33. The first-order valence-electron chi connectivity index (χ1n) is 5.47. The van der Waals surface area contributed by atoms with E-state index in [0.29, 0.717) is 12.5 Å². The lowest BCUT2D eigenvalue weighted by molar-refractivity contribution is 0.163. The zero-order chi connectivity index (χ0) is 11.5. The molecule has 1 aromatic rings. The third-order valence-corrected chi connectivity index (χ3v) is 3.85. The topological polar surface area (TPSA) is 72.4 Å². The summed E-state index contributed by atoms with van der Waals surface area (Å²) >= 11 is 1.75. The van der Waals surface area contributed by atoms with Crippen molar-refractivity contribution >= 4 is 17.4 Å². The molecular weight excluding hydrogens is 222 g/mol. The summed E-state index contributed by atoms with van der Waals surface area (Å²) in [5.41, 5.74) is 11.2. The molecule has 2 amide bonds. The Morgan fingerprint density at radius 3 is 3.00 bits per heavy atom. The fourth-order valence-corrected chi connectivity index (χ4v) is 3.11. The van der Waals surface area contributed by atoms with E-state index in [1.54, 1.807) is 16.2 Å². The fraction of sp³-hybridized carbons (Fsp3) is 0.545. The summed E-state index contributed by atoms with van der Waals surface area (Å²) in [5, 5.41) is 2.07. The molecule has 1 fully saturated rings. The third kappa shape index (κ3) is 2.74. The maximum Gasteiger partial charge on any atom is 0.314 e. The largest absolute Gasteiger partial charge is 0.351 e. The molecule has 5 heteroatoms. The van der Waals surface area contributed by atoms with Gasteiger partial charge in [0.25, 0.3) is 0 Å². The van der Waals surface area contributed by atoms with Crippen LogP contribution in [0.4, 0.5) is 4.79 Å². The lowest BCUT2D eigenvalue weighted by Crippen LogP contribution is -2.51. The molecule has 1 aromatic heterocycles. The van der Waals surface area contributed by atoms with Gasteiger partial charge in [0.1, 0.15) is 0 Å². The average molecular weight is 239 g/mol. The van der Waals surface area contributed by atoms with Crippen molar-refractivity contribution in [3.05, 3.63) is 22.4 Å². The molecule has 1 saturated heterocycles. The van der Waals surface area contributed by atoms with Crippen LogP contribution in [0.2, 0.25) is 0 Å². The second-order valence-electron chi connectivity index (χ2n) is 4.39. The predicted molar refractivity (Wildman–Crippen MR) is 65.3 cm³/mol. The lowest BCUT2D eigenvalue weighted by Gasteiger charge is -2.35. The second kappa shape index (κ2) is 4.84. The number of hydrogen-bond donors (Lipinski definition) is 2. The molecule has 2 atom stereocenters. The molecule has 1 aliphatic rings. The Morgan fingerprint density at radius 2 is 2.38 bits per heavy atom. The summed E-state index contributed by atoms with van der Waals surface area (Å²) in [6, 6.07) is 3.88. The van der Waals surface area contributed by atoms with Crippen LogP contribution in [0.15, 0.2) is 17.5 Å². The minimum absolute atomic E-state index is 0.0613. The molecule has 0 saturated carbocycles. The van der Waals surface area contributed by atoms with Crippen LogP contribution >= 0.6 is 11.3 Å². The normalized spacial score (nSPS) is 25.7. The van der Waals surface area contributed by atoms with Crippen molar-refractivity contribution in [2.24, 2.45) is 17.4 Å². The molecule has 1 aliphatic heterocycles. The zero-order valence-electron chi connectivity index (χ0n) is 9.13. The number of nitrogens with two attached hydrogens (primary N) is 2. The van der Waals surface area contributed by atoms with E-state index < -0.39 is 0 Å². The van der Waals surface area contributed by atoms with E-state index in [2.05, 4.69) is 17.5 Å². The molecule has 4 N–H and O–H groups in total. The van der Waals surface area contributed by atoms with Gasteiger partial charge in [-0.05, 0) is 30.2 Å². The Balaban J connectivity index is 1.97. The number of rotatable bonds is 2. The number of nitrogens with zero attached hydrogens (tertiary/aromatic N) is 1. The van der Waals surface area contributed by atoms with Crippen LogP contribution in [-0.2, 0) is 6.42 Å². The first-order chi connectivity index (χ1) is 7.65. The van der Waals surface area contributed by atoms with Crippen LogP contribution in [0.1, 0.15) is 11.3 Å². The van der Waals surface area contributed by atoms with E-state index in [1.165, 1.54) is 4.88 Å². The van der Waals surface area contributed by atoms with Crippen LogP contribution in [0, 0.1) is 5.92 Å². The highest BCUT2D eigenvalue weighted by atomic mass is 32.1. The molecule has 0 spiro atoms. The van der Waals surface area contributed by atoms with Gasteiger partial charge in [-0.15, -0.1) is 11.3 Å². The van der Waals surface area contributed by atoms with Crippen LogP contribution in [0.25, 0.3) is 0 Å². The van der Waals surface area contributed by atoms with E-state index in [4.69, 9.17) is 11.5 Å². The standard InChI is InChI=1S/C11H17N3OS/c12-9-4-8(5-10-2-1-3-16-10)6-14(7-9)11(13)15/h1-3,8-9H,4-7,12H2,(H2,13,15). The molecule has 4 nitrogen and oxygen atoms in total. The molecule has 0 aromatic carbocycles. The number of piperidine rings is 1. The van der Waals surface area contributed by atoms with Crippen LogP contribution < -0.4 is 11.5 Å². The Morgan fingerprint density at radius 1 is 1.56 bits per heavy atom. The Bertz CT molecular complexity index is 352. The van der Waals surface area contributed by atoms with Gasteiger partial charge < -0.3 is 16.4 Å². The molecule has 16 heavy (non-hydrogen) atoms. The number of thiophene rings is 1. The van der Waals surface area contributed by atoms with Gasteiger partial charge in [-0.1, -0.05) is 6.07 Å². The Kier molecular flexibility index (Phi) is 3.46. The van der Waals surface area contributed by atoms with Gasteiger partial charge in [0.05, 0.1) is 0 Å². The SMILES string of the molecule is NC(=O)N1CC(N)CC(Cc2cccs2)C1. The zero-order valence-corrected chi connectivity index (χ0v) is 9.95. The molecule has 88 valence electrons. The molecule has 2 heterocycles. The molecule has 2 unspecified atom stereocenters. The van der Waals surface area contributed by atoms with E-state index in [9.17, 15) is 4.79 Å². The summed E-state index contributed by atoms with van der Waals surface area (Å²) in [6.07, 6.45) is 1.97. The number of carbonyl (C=O) groups is 1. The average Bonchev–Trinajstić information content (AvgIpc) is 2.69. The molecule has 0 radical (unpaired) electrons. The van der Waals surface area contributed by atoms with Gasteiger partial charge in [-0.2, -0.15) is 0 Å². The summed E-state index contributed by atoms with van der Waals surface area (Å²) in [4.78, 5) is 14.2. The first-order valence-corrected chi connectivity index (χ1v) is 6.35. The number of likely N-dealkylation sites (tertiary alicyclic amines) is 1.